The zero-order chi connectivity index (χ0) is 11.0. The van der Waals surface area contributed by atoms with Crippen molar-refractivity contribution in [1.82, 2.24) is 18.9 Å². The summed E-state index contributed by atoms with van der Waals surface area (Å²) in [5, 5.41) is 0. The summed E-state index contributed by atoms with van der Waals surface area (Å²) >= 11 is 0. The first-order valence-electron chi connectivity index (χ1n) is 4.80. The summed E-state index contributed by atoms with van der Waals surface area (Å²) in [5.74, 6) is 0. The summed E-state index contributed by atoms with van der Waals surface area (Å²) in [5.41, 5.74) is 2.14. The first kappa shape index (κ1) is 8.84. The van der Waals surface area contributed by atoms with Gasteiger partial charge in [-0.3, -0.25) is 4.79 Å². The van der Waals surface area contributed by atoms with Crippen molar-refractivity contribution in [3.05, 3.63) is 48.9 Å². The third-order valence-corrected chi connectivity index (χ3v) is 2.40. The quantitative estimate of drug-likeness (QED) is 0.602. The summed E-state index contributed by atoms with van der Waals surface area (Å²) in [6, 6.07) is 3.85. The largest absolute Gasteiger partial charge is 0.305 e. The van der Waals surface area contributed by atoms with Gasteiger partial charge in [-0.15, -0.1) is 0 Å². The fourth-order valence-corrected chi connectivity index (χ4v) is 1.67. The lowest BCUT2D eigenvalue weighted by Crippen LogP contribution is -1.95. The molecule has 3 aromatic rings. The Morgan fingerprint density at radius 2 is 2.19 bits per heavy atom. The zero-order valence-electron chi connectivity index (χ0n) is 8.32. The van der Waals surface area contributed by atoms with Crippen molar-refractivity contribution >= 4 is 11.9 Å². The first-order valence-corrected chi connectivity index (χ1v) is 4.80. The topological polar surface area (TPSA) is 52.2 Å². The minimum atomic E-state index is 0.411. The SMILES string of the molecule is O=Cc1cn(-c2cccn3ccnc23)cn1. The number of hydrogen-bond donors (Lipinski definition) is 0. The number of aromatic nitrogens is 4. The van der Waals surface area contributed by atoms with E-state index in [0.29, 0.717) is 5.69 Å². The molecule has 0 N–H and O–H groups in total. The summed E-state index contributed by atoms with van der Waals surface area (Å²) in [4.78, 5) is 18.8. The Labute approximate surface area is 91.0 Å². The van der Waals surface area contributed by atoms with Crippen LogP contribution in [0.2, 0.25) is 0 Å². The number of pyridine rings is 1. The van der Waals surface area contributed by atoms with Crippen LogP contribution >= 0.6 is 0 Å². The van der Waals surface area contributed by atoms with Crippen molar-refractivity contribution < 1.29 is 4.79 Å². The minimum Gasteiger partial charge on any atom is -0.305 e. The average molecular weight is 212 g/mol. The van der Waals surface area contributed by atoms with Crippen molar-refractivity contribution in [3.63, 3.8) is 0 Å². The molecule has 3 rings (SSSR count). The van der Waals surface area contributed by atoms with Gasteiger partial charge in [-0.25, -0.2) is 9.97 Å². The molecule has 3 heterocycles. The van der Waals surface area contributed by atoms with E-state index in [0.717, 1.165) is 17.6 Å². The number of carbonyl (C=O) groups is 1. The van der Waals surface area contributed by atoms with Crippen LogP contribution in [0, 0.1) is 0 Å². The van der Waals surface area contributed by atoms with Crippen LogP contribution in [0.1, 0.15) is 10.5 Å². The minimum absolute atomic E-state index is 0.411. The highest BCUT2D eigenvalue weighted by Gasteiger charge is 2.05. The van der Waals surface area contributed by atoms with Crippen LogP contribution in [-0.4, -0.2) is 25.2 Å². The second-order valence-corrected chi connectivity index (χ2v) is 3.38. The van der Waals surface area contributed by atoms with Crippen molar-refractivity contribution in [1.29, 1.82) is 0 Å². The predicted molar refractivity (Wildman–Crippen MR) is 57.7 cm³/mol. The molecular weight excluding hydrogens is 204 g/mol. The molecule has 0 aromatic carbocycles. The first-order chi connectivity index (χ1) is 7.88. The number of hydrogen-bond acceptors (Lipinski definition) is 3. The van der Waals surface area contributed by atoms with E-state index in [9.17, 15) is 4.79 Å². The van der Waals surface area contributed by atoms with Crippen LogP contribution in [0.5, 0.6) is 0 Å². The molecular formula is C11H8N4O. The van der Waals surface area contributed by atoms with E-state index in [4.69, 9.17) is 0 Å². The standard InChI is InChI=1S/C11H8N4O/c16-7-9-6-15(8-13-9)10-2-1-4-14-5-3-12-11(10)14/h1-8H. The van der Waals surface area contributed by atoms with Crippen LogP contribution in [0.25, 0.3) is 11.3 Å². The highest BCUT2D eigenvalue weighted by Crippen LogP contribution is 2.14. The lowest BCUT2D eigenvalue weighted by atomic mass is 10.4. The molecule has 0 aliphatic carbocycles. The number of aldehydes is 1. The number of rotatable bonds is 2. The van der Waals surface area contributed by atoms with Crippen molar-refractivity contribution in [2.45, 2.75) is 0 Å². The highest BCUT2D eigenvalue weighted by atomic mass is 16.1. The van der Waals surface area contributed by atoms with E-state index in [2.05, 4.69) is 9.97 Å². The van der Waals surface area contributed by atoms with Crippen LogP contribution in [0.4, 0.5) is 0 Å². The van der Waals surface area contributed by atoms with Crippen LogP contribution in [0.15, 0.2) is 43.2 Å². The highest BCUT2D eigenvalue weighted by molar-refractivity contribution is 5.71. The number of imidazole rings is 2. The van der Waals surface area contributed by atoms with Gasteiger partial charge in [-0.2, -0.15) is 0 Å². The number of carbonyl (C=O) groups excluding carboxylic acids is 1. The molecule has 0 unspecified atom stereocenters. The molecule has 5 nitrogen and oxygen atoms in total. The maximum absolute atomic E-state index is 10.6. The molecule has 16 heavy (non-hydrogen) atoms. The van der Waals surface area contributed by atoms with E-state index < -0.39 is 0 Å². The lowest BCUT2D eigenvalue weighted by molar-refractivity contribution is 0.111. The molecule has 0 aliphatic heterocycles. The van der Waals surface area contributed by atoms with E-state index in [1.165, 1.54) is 0 Å². The molecule has 0 spiro atoms. The maximum Gasteiger partial charge on any atom is 0.170 e. The Kier molecular flexibility index (Phi) is 1.83. The Bertz CT molecular complexity index is 653. The van der Waals surface area contributed by atoms with Crippen LogP contribution in [-0.2, 0) is 0 Å². The molecule has 78 valence electrons. The predicted octanol–water partition coefficient (Wildman–Crippen LogP) is 1.33. The van der Waals surface area contributed by atoms with E-state index in [-0.39, 0.29) is 0 Å². The van der Waals surface area contributed by atoms with Crippen LogP contribution in [0.3, 0.4) is 0 Å². The maximum atomic E-state index is 10.6. The second-order valence-electron chi connectivity index (χ2n) is 3.38. The molecule has 0 bridgehead atoms. The van der Waals surface area contributed by atoms with E-state index in [1.54, 1.807) is 23.3 Å². The van der Waals surface area contributed by atoms with E-state index >= 15 is 0 Å². The van der Waals surface area contributed by atoms with Gasteiger partial charge in [0.25, 0.3) is 0 Å². The molecule has 5 heteroatoms. The third kappa shape index (κ3) is 1.22. The van der Waals surface area contributed by atoms with Gasteiger partial charge >= 0.3 is 0 Å². The molecule has 0 aliphatic rings. The Morgan fingerprint density at radius 3 is 3.00 bits per heavy atom. The summed E-state index contributed by atoms with van der Waals surface area (Å²) in [6.45, 7) is 0. The Hall–Kier alpha value is -2.43. The lowest BCUT2D eigenvalue weighted by Gasteiger charge is -2.03. The monoisotopic (exact) mass is 212 g/mol. The molecule has 0 fully saturated rings. The normalized spacial score (nSPS) is 10.8. The van der Waals surface area contributed by atoms with Crippen LogP contribution < -0.4 is 0 Å². The van der Waals surface area contributed by atoms with Gasteiger partial charge in [0, 0.05) is 24.8 Å². The van der Waals surface area contributed by atoms with Gasteiger partial charge in [0.05, 0.1) is 5.69 Å². The van der Waals surface area contributed by atoms with Crippen molar-refractivity contribution in [3.8, 4) is 5.69 Å². The molecule has 3 aromatic heterocycles. The van der Waals surface area contributed by atoms with Gasteiger partial charge in [-0.1, -0.05) is 0 Å². The second kappa shape index (κ2) is 3.30. The van der Waals surface area contributed by atoms with E-state index in [1.807, 2.05) is 28.9 Å². The van der Waals surface area contributed by atoms with Crippen molar-refractivity contribution in [2.75, 3.05) is 0 Å². The summed E-state index contributed by atoms with van der Waals surface area (Å²) in [6.07, 6.45) is 9.53. The fraction of sp³-hybridized carbons (Fsp3) is 0. The van der Waals surface area contributed by atoms with Gasteiger partial charge < -0.3 is 8.97 Å². The molecule has 0 radical (unpaired) electrons. The molecule has 0 saturated carbocycles. The molecule has 0 atom stereocenters. The van der Waals surface area contributed by atoms with Gasteiger partial charge in [0.15, 0.2) is 11.9 Å². The summed E-state index contributed by atoms with van der Waals surface area (Å²) < 4.78 is 3.70. The van der Waals surface area contributed by atoms with Gasteiger partial charge in [0.1, 0.15) is 12.0 Å². The van der Waals surface area contributed by atoms with Gasteiger partial charge in [-0.05, 0) is 12.1 Å². The molecule has 0 amide bonds. The Balaban J connectivity index is 2.24. The fourth-order valence-electron chi connectivity index (χ4n) is 1.67. The average Bonchev–Trinajstić information content (AvgIpc) is 2.97. The molecule has 0 saturated heterocycles. The van der Waals surface area contributed by atoms with Crippen molar-refractivity contribution in [2.24, 2.45) is 0 Å². The third-order valence-electron chi connectivity index (χ3n) is 2.40. The smallest absolute Gasteiger partial charge is 0.170 e. The van der Waals surface area contributed by atoms with Gasteiger partial charge in [0.2, 0.25) is 0 Å². The number of fused-ring (bicyclic) bond motifs is 1. The number of nitrogens with zero attached hydrogens (tertiary/aromatic N) is 4. The zero-order valence-corrected chi connectivity index (χ0v) is 8.32. The summed E-state index contributed by atoms with van der Waals surface area (Å²) in [7, 11) is 0. The Morgan fingerprint density at radius 1 is 1.25 bits per heavy atom.